The molecule has 0 N–H and O–H groups in total. The van der Waals surface area contributed by atoms with Crippen LogP contribution in [-0.4, -0.2) is 35.3 Å². The highest BCUT2D eigenvalue weighted by molar-refractivity contribution is 6.74. The molecule has 2 aromatic carbocycles. The van der Waals surface area contributed by atoms with Crippen molar-refractivity contribution in [3.8, 4) is 0 Å². The first-order valence-corrected chi connectivity index (χ1v) is 25.9. The molecule has 0 aliphatic heterocycles. The summed E-state index contributed by atoms with van der Waals surface area (Å²) in [6, 6.07) is 25.6. The van der Waals surface area contributed by atoms with E-state index in [4.69, 9.17) is 13.6 Å². The van der Waals surface area contributed by atoms with Gasteiger partial charge in [0.1, 0.15) is 5.60 Å². The van der Waals surface area contributed by atoms with Gasteiger partial charge in [-0.05, 0) is 98.1 Å². The molecule has 1 aliphatic carbocycles. The molecule has 0 saturated carbocycles. The molecule has 1 aliphatic rings. The van der Waals surface area contributed by atoms with Gasteiger partial charge in [-0.2, -0.15) is 0 Å². The fourth-order valence-electron chi connectivity index (χ4n) is 8.03. The molecule has 289 valence electrons. The summed E-state index contributed by atoms with van der Waals surface area (Å²) < 4.78 is 20.2. The number of rotatable bonds is 22. The van der Waals surface area contributed by atoms with Gasteiger partial charge in [0.2, 0.25) is 0 Å². The fourth-order valence-corrected chi connectivity index (χ4v) is 12.7. The standard InChI is InChI=1S/C46H73O4Si2/c1-12-16-35-44(8,49-52(13-2,14-3)15-4)36-27-37-45(39-28-22-19-23-29-39)40(30-21-17-18-26-33-42(47)48-9)34-38-46(45,41-31-24-20-25-32-41)50-51(10,11)43(5,6)7/h19-20,22-25,27-29,31-32,37H,12-18,21,26,30,33,35-36,38H2,1-11H3/b37-27+/t44?,45-,46+/m0/s1. The zero-order valence-electron chi connectivity index (χ0n) is 35.0. The number of carbonyl (C=O) groups is 1. The lowest BCUT2D eigenvalue weighted by Crippen LogP contribution is -2.56. The van der Waals surface area contributed by atoms with Crippen molar-refractivity contribution in [3.63, 3.8) is 0 Å². The Morgan fingerprint density at radius 1 is 0.827 bits per heavy atom. The molecule has 0 aromatic heterocycles. The molecule has 52 heavy (non-hydrogen) atoms. The Labute approximate surface area is 321 Å². The molecule has 1 radical (unpaired) electrons. The number of hydrogen-bond donors (Lipinski definition) is 0. The summed E-state index contributed by atoms with van der Waals surface area (Å²) in [6.07, 6.45) is 19.3. The normalized spacial score (nSPS) is 20.9. The van der Waals surface area contributed by atoms with E-state index in [1.807, 2.05) is 0 Å². The third kappa shape index (κ3) is 10.3. The minimum absolute atomic E-state index is 0.0182. The average Bonchev–Trinajstić information content (AvgIpc) is 3.44. The summed E-state index contributed by atoms with van der Waals surface area (Å²) in [7, 11) is -2.71. The first kappa shape index (κ1) is 44.1. The maximum atomic E-state index is 11.8. The van der Waals surface area contributed by atoms with Gasteiger partial charge in [-0.15, -0.1) is 0 Å². The van der Waals surface area contributed by atoms with Crippen LogP contribution in [0.2, 0.25) is 36.3 Å². The van der Waals surface area contributed by atoms with Crippen LogP contribution in [0.15, 0.2) is 78.4 Å². The van der Waals surface area contributed by atoms with Crippen LogP contribution in [0, 0.1) is 6.08 Å². The van der Waals surface area contributed by atoms with Crippen molar-refractivity contribution in [2.75, 3.05) is 7.11 Å². The van der Waals surface area contributed by atoms with Crippen molar-refractivity contribution >= 4 is 22.6 Å². The van der Waals surface area contributed by atoms with E-state index in [9.17, 15) is 4.79 Å². The molecule has 0 fully saturated rings. The summed E-state index contributed by atoms with van der Waals surface area (Å²) >= 11 is 0. The Hall–Kier alpha value is -2.26. The van der Waals surface area contributed by atoms with Gasteiger partial charge in [0.05, 0.1) is 18.1 Å². The highest BCUT2D eigenvalue weighted by Gasteiger charge is 2.60. The maximum Gasteiger partial charge on any atom is 0.305 e. The quantitative estimate of drug-likeness (QED) is 0.0521. The van der Waals surface area contributed by atoms with E-state index in [0.717, 1.165) is 75.9 Å². The van der Waals surface area contributed by atoms with E-state index in [1.54, 1.807) is 0 Å². The minimum atomic E-state index is -2.33. The van der Waals surface area contributed by atoms with Crippen molar-refractivity contribution in [2.24, 2.45) is 0 Å². The van der Waals surface area contributed by atoms with Crippen molar-refractivity contribution < 1.29 is 18.4 Å². The van der Waals surface area contributed by atoms with Crippen molar-refractivity contribution in [1.29, 1.82) is 0 Å². The van der Waals surface area contributed by atoms with Gasteiger partial charge in [-0.3, -0.25) is 4.79 Å². The van der Waals surface area contributed by atoms with Crippen molar-refractivity contribution in [2.45, 2.75) is 179 Å². The average molecular weight is 746 g/mol. The number of ether oxygens (including phenoxy) is 1. The number of esters is 1. The summed E-state index contributed by atoms with van der Waals surface area (Å²) in [5, 5.41) is 0.0182. The second kappa shape index (κ2) is 19.4. The van der Waals surface area contributed by atoms with E-state index in [1.165, 1.54) is 23.8 Å². The van der Waals surface area contributed by atoms with Crippen LogP contribution in [0.3, 0.4) is 0 Å². The van der Waals surface area contributed by atoms with Crippen LogP contribution in [0.1, 0.15) is 137 Å². The lowest BCUT2D eigenvalue weighted by molar-refractivity contribution is -0.140. The zero-order valence-corrected chi connectivity index (χ0v) is 37.0. The van der Waals surface area contributed by atoms with E-state index in [2.05, 4.69) is 147 Å². The molecule has 6 heteroatoms. The Kier molecular flexibility index (Phi) is 16.4. The second-order valence-corrected chi connectivity index (χ2v) is 26.5. The number of unbranched alkanes of at least 4 members (excludes halogenated alkanes) is 4. The van der Waals surface area contributed by atoms with E-state index in [0.29, 0.717) is 12.8 Å². The monoisotopic (exact) mass is 746 g/mol. The Bertz CT molecular complexity index is 1420. The first-order chi connectivity index (χ1) is 24.6. The fraction of sp³-hybridized carbons (Fsp3) is 0.630. The molecule has 4 nitrogen and oxygen atoms in total. The molecule has 3 rings (SSSR count). The number of methoxy groups -OCH3 is 1. The SMILES string of the molecule is CCCCC(C)(C/C=C/[C@]1(c2ccccc2)C(CCCCCCC(=O)OC)=[C]C[C@@]1(O[Si](C)(C)C(C)(C)C)c1ccccc1)O[Si](CC)(CC)CC. The van der Waals surface area contributed by atoms with Gasteiger partial charge in [0, 0.05) is 12.8 Å². The Balaban J connectivity index is 2.25. The van der Waals surface area contributed by atoms with Gasteiger partial charge in [-0.25, -0.2) is 0 Å². The maximum absolute atomic E-state index is 11.8. The number of carbonyl (C=O) groups excluding carboxylic acids is 1. The van der Waals surface area contributed by atoms with Crippen LogP contribution in [0.25, 0.3) is 0 Å². The molecule has 0 heterocycles. The molecule has 0 saturated heterocycles. The highest BCUT2D eigenvalue weighted by atomic mass is 28.4. The first-order valence-electron chi connectivity index (χ1n) is 20.5. The van der Waals surface area contributed by atoms with E-state index in [-0.39, 0.29) is 16.6 Å². The molecule has 1 unspecified atom stereocenters. The molecular weight excluding hydrogens is 673 g/mol. The Morgan fingerprint density at radius 2 is 1.40 bits per heavy atom. The van der Waals surface area contributed by atoms with Crippen LogP contribution in [0.5, 0.6) is 0 Å². The highest BCUT2D eigenvalue weighted by Crippen LogP contribution is 2.61. The van der Waals surface area contributed by atoms with Gasteiger partial charge >= 0.3 is 5.97 Å². The summed E-state index contributed by atoms with van der Waals surface area (Å²) in [5.41, 5.74) is 2.35. The predicted octanol–water partition coefficient (Wildman–Crippen LogP) is 13.4. The van der Waals surface area contributed by atoms with E-state index >= 15 is 0 Å². The third-order valence-corrected chi connectivity index (χ3v) is 21.8. The summed E-state index contributed by atoms with van der Waals surface area (Å²) in [5.74, 6) is -0.123. The predicted molar refractivity (Wildman–Crippen MR) is 226 cm³/mol. The van der Waals surface area contributed by atoms with Gasteiger partial charge < -0.3 is 13.6 Å². The molecule has 2 aromatic rings. The lowest BCUT2D eigenvalue weighted by atomic mass is 9.62. The van der Waals surface area contributed by atoms with Crippen molar-refractivity contribution in [1.82, 2.24) is 0 Å². The summed E-state index contributed by atoms with van der Waals surface area (Å²) in [6.45, 7) is 23.5. The van der Waals surface area contributed by atoms with Crippen LogP contribution in [-0.2, 0) is 29.4 Å². The number of hydrogen-bond acceptors (Lipinski definition) is 4. The topological polar surface area (TPSA) is 44.8 Å². The molecule has 0 bridgehead atoms. The van der Waals surface area contributed by atoms with E-state index < -0.39 is 27.7 Å². The smallest absolute Gasteiger partial charge is 0.305 e. The molecule has 0 amide bonds. The zero-order chi connectivity index (χ0) is 38.5. The lowest BCUT2D eigenvalue weighted by Gasteiger charge is -2.53. The molecular formula is C46H73O4Si2. The number of benzene rings is 2. The van der Waals surface area contributed by atoms with Crippen molar-refractivity contribution in [3.05, 3.63) is 95.6 Å². The van der Waals surface area contributed by atoms with Gasteiger partial charge in [-0.1, -0.05) is 147 Å². The molecule has 3 atom stereocenters. The van der Waals surface area contributed by atoms with Crippen LogP contribution in [0.4, 0.5) is 0 Å². The largest absolute Gasteiger partial charge is 0.469 e. The second-order valence-electron chi connectivity index (χ2n) is 17.1. The summed E-state index contributed by atoms with van der Waals surface area (Å²) in [4.78, 5) is 11.8. The minimum Gasteiger partial charge on any atom is -0.469 e. The third-order valence-electron chi connectivity index (χ3n) is 12.5. The van der Waals surface area contributed by atoms with Gasteiger partial charge in [0.15, 0.2) is 16.6 Å². The van der Waals surface area contributed by atoms with Crippen LogP contribution < -0.4 is 0 Å². The van der Waals surface area contributed by atoms with Gasteiger partial charge in [0.25, 0.3) is 0 Å². The Morgan fingerprint density at radius 3 is 1.94 bits per heavy atom. The molecule has 0 spiro atoms. The van der Waals surface area contributed by atoms with Crippen LogP contribution >= 0.6 is 0 Å².